The summed E-state index contributed by atoms with van der Waals surface area (Å²) in [7, 11) is 0. The Hall–Kier alpha value is -1.51. The van der Waals surface area contributed by atoms with E-state index < -0.39 is 0 Å². The van der Waals surface area contributed by atoms with Gasteiger partial charge in [0.05, 0.1) is 37.5 Å². The van der Waals surface area contributed by atoms with Crippen LogP contribution in [0, 0.1) is 5.92 Å². The number of thiazole rings is 1. The quantitative estimate of drug-likeness (QED) is 0.882. The molecule has 24 heavy (non-hydrogen) atoms. The van der Waals surface area contributed by atoms with Crippen molar-refractivity contribution < 1.29 is 19.1 Å². The highest BCUT2D eigenvalue weighted by atomic mass is 32.1. The van der Waals surface area contributed by atoms with Crippen molar-refractivity contribution in [3.8, 4) is 0 Å². The number of amides is 2. The first-order chi connectivity index (χ1) is 11.5. The minimum Gasteiger partial charge on any atom is -0.379 e. The molecule has 132 valence electrons. The first-order valence-electron chi connectivity index (χ1n) is 8.21. The number of ether oxygens (including phenoxy) is 2. The van der Waals surface area contributed by atoms with E-state index in [2.05, 4.69) is 10.3 Å². The molecule has 1 atom stereocenters. The van der Waals surface area contributed by atoms with Crippen molar-refractivity contribution in [2.45, 2.75) is 32.2 Å². The van der Waals surface area contributed by atoms with Crippen LogP contribution in [0.4, 0.5) is 5.13 Å². The van der Waals surface area contributed by atoms with Gasteiger partial charge in [-0.2, -0.15) is 0 Å². The molecule has 1 N–H and O–H groups in total. The monoisotopic (exact) mass is 353 g/mol. The van der Waals surface area contributed by atoms with E-state index in [-0.39, 0.29) is 29.7 Å². The van der Waals surface area contributed by atoms with E-state index >= 15 is 0 Å². The molecule has 1 spiro atoms. The fourth-order valence-electron chi connectivity index (χ4n) is 2.99. The van der Waals surface area contributed by atoms with Crippen LogP contribution in [0.2, 0.25) is 0 Å². The number of nitrogens with zero attached hydrogens (tertiary/aromatic N) is 2. The standard InChI is InChI=1S/C16H23N3O4S/c1-11(2)14(21)18-15-17-12(8-24-15)7-13(20)19-4-6-23-10-16(19)3-5-22-9-16/h8,11H,3-7,9-10H2,1-2H3,(H,17,18,21). The van der Waals surface area contributed by atoms with E-state index in [0.717, 1.165) is 6.42 Å². The van der Waals surface area contributed by atoms with Gasteiger partial charge < -0.3 is 19.7 Å². The number of carbonyl (C=O) groups excluding carboxylic acids is 2. The molecule has 2 aliphatic rings. The van der Waals surface area contributed by atoms with Crippen LogP contribution in [0.3, 0.4) is 0 Å². The Balaban J connectivity index is 1.64. The molecule has 3 heterocycles. The van der Waals surface area contributed by atoms with Crippen LogP contribution in [0.1, 0.15) is 26.0 Å². The average molecular weight is 353 g/mol. The van der Waals surface area contributed by atoms with Crippen molar-refractivity contribution in [2.24, 2.45) is 5.92 Å². The predicted molar refractivity (Wildman–Crippen MR) is 90.0 cm³/mol. The number of carbonyl (C=O) groups is 2. The molecular weight excluding hydrogens is 330 g/mol. The number of anilines is 1. The van der Waals surface area contributed by atoms with Crippen molar-refractivity contribution in [3.63, 3.8) is 0 Å². The minimum atomic E-state index is -0.319. The Labute approximate surface area is 145 Å². The maximum Gasteiger partial charge on any atom is 0.229 e. The second-order valence-corrected chi connectivity index (χ2v) is 7.45. The Kier molecular flexibility index (Phi) is 5.17. The van der Waals surface area contributed by atoms with Gasteiger partial charge in [-0.3, -0.25) is 9.59 Å². The van der Waals surface area contributed by atoms with E-state index in [1.807, 2.05) is 24.1 Å². The Morgan fingerprint density at radius 3 is 2.83 bits per heavy atom. The zero-order valence-electron chi connectivity index (χ0n) is 14.0. The number of rotatable bonds is 4. The topological polar surface area (TPSA) is 80.8 Å². The first-order valence-corrected chi connectivity index (χ1v) is 9.09. The molecule has 0 bridgehead atoms. The van der Waals surface area contributed by atoms with Gasteiger partial charge in [0.1, 0.15) is 0 Å². The summed E-state index contributed by atoms with van der Waals surface area (Å²) in [6, 6.07) is 0. The smallest absolute Gasteiger partial charge is 0.229 e. The molecule has 2 aliphatic heterocycles. The second kappa shape index (κ2) is 7.16. The van der Waals surface area contributed by atoms with Gasteiger partial charge in [0, 0.05) is 24.4 Å². The number of nitrogens with one attached hydrogen (secondary N) is 1. The maximum atomic E-state index is 12.8. The number of hydrogen-bond donors (Lipinski definition) is 1. The highest BCUT2D eigenvalue weighted by Crippen LogP contribution is 2.30. The van der Waals surface area contributed by atoms with E-state index in [9.17, 15) is 9.59 Å². The molecule has 3 rings (SSSR count). The first kappa shape index (κ1) is 17.3. The zero-order valence-corrected chi connectivity index (χ0v) is 14.9. The Morgan fingerprint density at radius 2 is 2.12 bits per heavy atom. The summed E-state index contributed by atoms with van der Waals surface area (Å²) in [5, 5.41) is 5.13. The molecule has 2 saturated heterocycles. The van der Waals surface area contributed by atoms with Gasteiger partial charge in [-0.1, -0.05) is 13.8 Å². The molecule has 8 heteroatoms. The van der Waals surface area contributed by atoms with E-state index in [4.69, 9.17) is 9.47 Å². The Bertz CT molecular complexity index is 610. The summed E-state index contributed by atoms with van der Waals surface area (Å²) in [5.74, 6) is -0.136. The van der Waals surface area contributed by atoms with Gasteiger partial charge in [0.25, 0.3) is 0 Å². The molecule has 0 saturated carbocycles. The lowest BCUT2D eigenvalue weighted by molar-refractivity contribution is -0.148. The third-order valence-corrected chi connectivity index (χ3v) is 5.23. The van der Waals surface area contributed by atoms with Crippen LogP contribution in [0.15, 0.2) is 5.38 Å². The number of aromatic nitrogens is 1. The van der Waals surface area contributed by atoms with Crippen LogP contribution >= 0.6 is 11.3 Å². The Morgan fingerprint density at radius 1 is 1.38 bits per heavy atom. The summed E-state index contributed by atoms with van der Waals surface area (Å²) < 4.78 is 11.1. The summed E-state index contributed by atoms with van der Waals surface area (Å²) in [5.41, 5.74) is 0.365. The molecule has 7 nitrogen and oxygen atoms in total. The highest BCUT2D eigenvalue weighted by Gasteiger charge is 2.45. The lowest BCUT2D eigenvalue weighted by atomic mass is 9.95. The van der Waals surface area contributed by atoms with Crippen molar-refractivity contribution in [1.29, 1.82) is 0 Å². The second-order valence-electron chi connectivity index (χ2n) is 6.59. The van der Waals surface area contributed by atoms with Gasteiger partial charge in [-0.05, 0) is 6.42 Å². The van der Waals surface area contributed by atoms with Crippen molar-refractivity contribution in [2.75, 3.05) is 38.3 Å². The molecule has 2 amide bonds. The maximum absolute atomic E-state index is 12.8. The van der Waals surface area contributed by atoms with Crippen molar-refractivity contribution in [3.05, 3.63) is 11.1 Å². The van der Waals surface area contributed by atoms with Crippen LogP contribution in [-0.2, 0) is 25.5 Å². The van der Waals surface area contributed by atoms with Crippen LogP contribution in [0.25, 0.3) is 0 Å². The van der Waals surface area contributed by atoms with E-state index in [1.54, 1.807) is 0 Å². The summed E-state index contributed by atoms with van der Waals surface area (Å²) in [4.78, 5) is 30.7. The molecular formula is C16H23N3O4S. The average Bonchev–Trinajstić information content (AvgIpc) is 3.18. The molecule has 0 aliphatic carbocycles. The minimum absolute atomic E-state index is 0.0378. The third-order valence-electron chi connectivity index (χ3n) is 4.42. The summed E-state index contributed by atoms with van der Waals surface area (Å²) >= 11 is 1.34. The lowest BCUT2D eigenvalue weighted by Crippen LogP contribution is -2.60. The molecule has 1 unspecified atom stereocenters. The van der Waals surface area contributed by atoms with Crippen LogP contribution < -0.4 is 5.32 Å². The summed E-state index contributed by atoms with van der Waals surface area (Å²) in [6.45, 7) is 6.53. The van der Waals surface area contributed by atoms with Gasteiger partial charge in [0.15, 0.2) is 5.13 Å². The fourth-order valence-corrected chi connectivity index (χ4v) is 3.70. The lowest BCUT2D eigenvalue weighted by Gasteiger charge is -2.43. The highest BCUT2D eigenvalue weighted by molar-refractivity contribution is 7.13. The SMILES string of the molecule is CC(C)C(=O)Nc1nc(CC(=O)N2CCOCC23CCOC3)cs1. The van der Waals surface area contributed by atoms with Crippen LogP contribution in [0.5, 0.6) is 0 Å². The van der Waals surface area contributed by atoms with Crippen molar-refractivity contribution >= 4 is 28.3 Å². The zero-order chi connectivity index (χ0) is 17.2. The number of morpholine rings is 1. The third kappa shape index (κ3) is 3.60. The molecule has 0 aromatic carbocycles. The van der Waals surface area contributed by atoms with Gasteiger partial charge >= 0.3 is 0 Å². The van der Waals surface area contributed by atoms with Gasteiger partial charge in [-0.15, -0.1) is 11.3 Å². The largest absolute Gasteiger partial charge is 0.379 e. The van der Waals surface area contributed by atoms with Gasteiger partial charge in [0.2, 0.25) is 11.8 Å². The molecule has 1 aromatic rings. The van der Waals surface area contributed by atoms with E-state index in [0.29, 0.717) is 43.8 Å². The fraction of sp³-hybridized carbons (Fsp3) is 0.688. The molecule has 2 fully saturated rings. The molecule has 0 radical (unpaired) electrons. The predicted octanol–water partition coefficient (Wildman–Crippen LogP) is 1.30. The van der Waals surface area contributed by atoms with Crippen molar-refractivity contribution in [1.82, 2.24) is 9.88 Å². The van der Waals surface area contributed by atoms with Gasteiger partial charge in [-0.25, -0.2) is 4.98 Å². The summed E-state index contributed by atoms with van der Waals surface area (Å²) in [6.07, 6.45) is 1.04. The normalized spacial score (nSPS) is 23.9. The molecule has 1 aromatic heterocycles. The number of hydrogen-bond acceptors (Lipinski definition) is 6. The van der Waals surface area contributed by atoms with E-state index in [1.165, 1.54) is 11.3 Å². The van der Waals surface area contributed by atoms with Crippen LogP contribution in [-0.4, -0.2) is 60.2 Å².